The van der Waals surface area contributed by atoms with Gasteiger partial charge in [-0.05, 0) is 42.7 Å². The second-order valence-corrected chi connectivity index (χ2v) is 8.31. The Morgan fingerprint density at radius 3 is 2.35 bits per heavy atom. The number of carbonyl (C=O) groups is 1. The first-order valence-corrected chi connectivity index (χ1v) is 11.1. The molecular formula is C25H30N2O4. The van der Waals surface area contributed by atoms with Crippen LogP contribution in [0, 0.1) is 0 Å². The first-order valence-electron chi connectivity index (χ1n) is 11.1. The highest BCUT2D eigenvalue weighted by Gasteiger charge is 2.36. The van der Waals surface area contributed by atoms with E-state index in [0.717, 1.165) is 31.2 Å². The molecule has 2 aromatic carbocycles. The molecule has 1 unspecified atom stereocenters. The average molecular weight is 423 g/mol. The third-order valence-electron chi connectivity index (χ3n) is 6.37. The van der Waals surface area contributed by atoms with Gasteiger partial charge in [-0.15, -0.1) is 0 Å². The van der Waals surface area contributed by atoms with E-state index in [-0.39, 0.29) is 18.8 Å². The molecule has 1 saturated carbocycles. The maximum atomic E-state index is 12.7. The zero-order chi connectivity index (χ0) is 21.5. The number of oxime groups is 1. The number of benzene rings is 2. The molecule has 6 heteroatoms. The quantitative estimate of drug-likeness (QED) is 0.527. The molecular weight excluding hydrogens is 392 g/mol. The van der Waals surface area contributed by atoms with Crippen molar-refractivity contribution in [1.29, 1.82) is 0 Å². The van der Waals surface area contributed by atoms with Crippen molar-refractivity contribution in [2.75, 3.05) is 13.2 Å². The zero-order valence-electron chi connectivity index (χ0n) is 17.7. The molecule has 0 radical (unpaired) electrons. The number of ether oxygens (including phenoxy) is 2. The Balaban J connectivity index is 1.28. The Morgan fingerprint density at radius 1 is 1.00 bits per heavy atom. The van der Waals surface area contributed by atoms with Crippen molar-refractivity contribution in [1.82, 2.24) is 4.90 Å². The average Bonchev–Trinajstić information content (AvgIpc) is 3.26. The fourth-order valence-corrected chi connectivity index (χ4v) is 4.58. The second kappa shape index (κ2) is 10.4. The summed E-state index contributed by atoms with van der Waals surface area (Å²) in [7, 11) is 0. The Kier molecular flexibility index (Phi) is 7.20. The summed E-state index contributed by atoms with van der Waals surface area (Å²) in [4.78, 5) is 14.3. The number of hydrogen-bond donors (Lipinski definition) is 1. The van der Waals surface area contributed by atoms with Crippen molar-refractivity contribution >= 4 is 11.8 Å². The van der Waals surface area contributed by atoms with Crippen LogP contribution in [0.1, 0.15) is 49.1 Å². The molecule has 1 atom stereocenters. The summed E-state index contributed by atoms with van der Waals surface area (Å²) < 4.78 is 11.7. The Bertz CT molecular complexity index is 864. The van der Waals surface area contributed by atoms with Crippen molar-refractivity contribution in [2.24, 2.45) is 5.16 Å². The lowest BCUT2D eigenvalue weighted by Gasteiger charge is -2.31. The van der Waals surface area contributed by atoms with Gasteiger partial charge in [0.1, 0.15) is 12.6 Å². The fraction of sp³-hybridized carbons (Fsp3) is 0.440. The van der Waals surface area contributed by atoms with E-state index in [1.54, 1.807) is 4.90 Å². The molecule has 4 rings (SSSR count). The Hall–Kier alpha value is -2.86. The van der Waals surface area contributed by atoms with Crippen molar-refractivity contribution in [3.8, 4) is 0 Å². The van der Waals surface area contributed by atoms with Crippen LogP contribution in [0.5, 0.6) is 0 Å². The van der Waals surface area contributed by atoms with Crippen LogP contribution >= 0.6 is 0 Å². The topological polar surface area (TPSA) is 71.4 Å². The predicted octanol–water partition coefficient (Wildman–Crippen LogP) is 4.97. The molecule has 1 heterocycles. The van der Waals surface area contributed by atoms with Crippen LogP contribution in [-0.4, -0.2) is 47.2 Å². The molecule has 31 heavy (non-hydrogen) atoms. The third kappa shape index (κ3) is 5.44. The van der Waals surface area contributed by atoms with Gasteiger partial charge in [0, 0.05) is 13.0 Å². The molecule has 2 aromatic rings. The van der Waals surface area contributed by atoms with Crippen LogP contribution in [0.4, 0.5) is 4.79 Å². The largest absolute Gasteiger partial charge is 0.445 e. The van der Waals surface area contributed by atoms with Gasteiger partial charge >= 0.3 is 6.09 Å². The van der Waals surface area contributed by atoms with Gasteiger partial charge in [0.05, 0.1) is 18.4 Å². The van der Waals surface area contributed by atoms with Gasteiger partial charge in [-0.1, -0.05) is 65.8 Å². The van der Waals surface area contributed by atoms with Crippen LogP contribution in [-0.2, 0) is 16.1 Å². The number of amides is 1. The van der Waals surface area contributed by atoms with E-state index in [0.29, 0.717) is 31.2 Å². The summed E-state index contributed by atoms with van der Waals surface area (Å²) in [5.74, 6) is 0.589. The number of nitrogens with zero attached hydrogens (tertiary/aromatic N) is 2. The minimum Gasteiger partial charge on any atom is -0.445 e. The Labute approximate surface area is 183 Å². The highest BCUT2D eigenvalue weighted by Crippen LogP contribution is 2.34. The monoisotopic (exact) mass is 422 g/mol. The number of rotatable bonds is 6. The summed E-state index contributed by atoms with van der Waals surface area (Å²) in [6.07, 6.45) is 4.50. The first kappa shape index (κ1) is 21.4. The lowest BCUT2D eigenvalue weighted by Crippen LogP contribution is -2.42. The molecule has 1 aliphatic heterocycles. The van der Waals surface area contributed by atoms with Crippen molar-refractivity contribution in [2.45, 2.75) is 56.8 Å². The minimum absolute atomic E-state index is 0.169. The first-order chi connectivity index (χ1) is 15.2. The van der Waals surface area contributed by atoms with Gasteiger partial charge in [-0.3, -0.25) is 4.90 Å². The maximum absolute atomic E-state index is 12.7. The highest BCUT2D eigenvalue weighted by molar-refractivity contribution is 5.94. The lowest BCUT2D eigenvalue weighted by molar-refractivity contribution is 0.00400. The molecule has 1 N–H and O–H groups in total. The molecule has 2 aliphatic rings. The summed E-state index contributed by atoms with van der Waals surface area (Å²) in [5, 5.41) is 12.8. The number of hydrogen-bond acceptors (Lipinski definition) is 5. The SMILES string of the molecule is O=C(OCc1ccccc1)N1CCC(=NO)C1COC1CCC(c2ccccc2)CC1. The second-order valence-electron chi connectivity index (χ2n) is 8.31. The zero-order valence-corrected chi connectivity index (χ0v) is 17.7. The molecule has 164 valence electrons. The maximum Gasteiger partial charge on any atom is 0.410 e. The highest BCUT2D eigenvalue weighted by atomic mass is 16.6. The van der Waals surface area contributed by atoms with Crippen LogP contribution in [0.3, 0.4) is 0 Å². The molecule has 1 aliphatic carbocycles. The molecule has 0 bridgehead atoms. The van der Waals surface area contributed by atoms with Crippen LogP contribution in [0.15, 0.2) is 65.8 Å². The lowest BCUT2D eigenvalue weighted by atomic mass is 9.83. The number of carbonyl (C=O) groups excluding carboxylic acids is 1. The third-order valence-corrected chi connectivity index (χ3v) is 6.37. The van der Waals surface area contributed by atoms with E-state index in [1.807, 2.05) is 30.3 Å². The molecule has 1 saturated heterocycles. The van der Waals surface area contributed by atoms with E-state index >= 15 is 0 Å². The molecule has 0 spiro atoms. The van der Waals surface area contributed by atoms with Gasteiger partial charge < -0.3 is 14.7 Å². The van der Waals surface area contributed by atoms with Crippen molar-refractivity contribution < 1.29 is 19.5 Å². The van der Waals surface area contributed by atoms with Crippen LogP contribution in [0.2, 0.25) is 0 Å². The summed E-state index contributed by atoms with van der Waals surface area (Å²) >= 11 is 0. The summed E-state index contributed by atoms with van der Waals surface area (Å²) in [6, 6.07) is 19.9. The van der Waals surface area contributed by atoms with E-state index in [1.165, 1.54) is 5.56 Å². The van der Waals surface area contributed by atoms with Crippen LogP contribution < -0.4 is 0 Å². The number of likely N-dealkylation sites (tertiary alicyclic amines) is 1. The predicted molar refractivity (Wildman–Crippen MR) is 118 cm³/mol. The summed E-state index contributed by atoms with van der Waals surface area (Å²) in [5.41, 5.74) is 2.92. The molecule has 1 amide bonds. The molecule has 0 aromatic heterocycles. The van der Waals surface area contributed by atoms with Gasteiger partial charge in [-0.2, -0.15) is 0 Å². The van der Waals surface area contributed by atoms with E-state index in [4.69, 9.17) is 9.47 Å². The van der Waals surface area contributed by atoms with Gasteiger partial charge in [-0.25, -0.2) is 4.79 Å². The molecule has 2 fully saturated rings. The van der Waals surface area contributed by atoms with Gasteiger partial charge in [0.2, 0.25) is 0 Å². The van der Waals surface area contributed by atoms with Crippen molar-refractivity contribution in [3.05, 3.63) is 71.8 Å². The standard InChI is InChI=1S/C25H30N2O4/c28-25(31-17-19-7-3-1-4-8-19)27-16-15-23(26-29)24(27)18-30-22-13-11-21(12-14-22)20-9-5-2-6-10-20/h1-10,21-22,24,29H,11-18H2. The van der Waals surface area contributed by atoms with Gasteiger partial charge in [0.15, 0.2) is 0 Å². The minimum atomic E-state index is -0.399. The van der Waals surface area contributed by atoms with E-state index < -0.39 is 6.09 Å². The Morgan fingerprint density at radius 2 is 1.68 bits per heavy atom. The fourth-order valence-electron chi connectivity index (χ4n) is 4.58. The van der Waals surface area contributed by atoms with Crippen molar-refractivity contribution in [3.63, 3.8) is 0 Å². The molecule has 6 nitrogen and oxygen atoms in total. The normalized spacial score (nSPS) is 25.0. The van der Waals surface area contributed by atoms with E-state index in [2.05, 4.69) is 35.5 Å². The van der Waals surface area contributed by atoms with Gasteiger partial charge in [0.25, 0.3) is 0 Å². The smallest absolute Gasteiger partial charge is 0.410 e. The summed E-state index contributed by atoms with van der Waals surface area (Å²) in [6.45, 7) is 1.03. The van der Waals surface area contributed by atoms with Crippen LogP contribution in [0.25, 0.3) is 0 Å². The van der Waals surface area contributed by atoms with E-state index in [9.17, 15) is 10.0 Å².